The molecule has 0 aliphatic rings. The molecule has 19 heavy (non-hydrogen) atoms. The summed E-state index contributed by atoms with van der Waals surface area (Å²) < 4.78 is 4.54. The molecule has 0 atom stereocenters. The minimum atomic E-state index is -0.191. The normalized spacial score (nSPS) is 9.95. The first-order valence-corrected chi connectivity index (χ1v) is 6.34. The summed E-state index contributed by atoms with van der Waals surface area (Å²) in [7, 11) is 1.38. The number of methoxy groups -OCH3 is 1. The number of nitrogens with two attached hydrogens (primary N) is 1. The van der Waals surface area contributed by atoms with E-state index in [1.807, 2.05) is 0 Å². The molecule has 0 bridgehead atoms. The summed E-state index contributed by atoms with van der Waals surface area (Å²) in [6.07, 6.45) is 2.93. The second kappa shape index (κ2) is 8.13. The minimum Gasteiger partial charge on any atom is -0.469 e. The van der Waals surface area contributed by atoms with Crippen LogP contribution in [0, 0.1) is 0 Å². The topological polar surface area (TPSA) is 81.4 Å². The van der Waals surface area contributed by atoms with Crippen LogP contribution < -0.4 is 11.1 Å². The van der Waals surface area contributed by atoms with Crippen LogP contribution in [-0.2, 0) is 9.53 Å². The zero-order valence-electron chi connectivity index (χ0n) is 11.1. The molecule has 1 rings (SSSR count). The summed E-state index contributed by atoms with van der Waals surface area (Å²) in [5.74, 6) is -0.316. The molecule has 5 nitrogen and oxygen atoms in total. The van der Waals surface area contributed by atoms with Crippen molar-refractivity contribution in [2.24, 2.45) is 0 Å². The summed E-state index contributed by atoms with van der Waals surface area (Å²) in [4.78, 5) is 22.6. The molecular formula is C14H20N2O3. The number of carbonyl (C=O) groups excluding carboxylic acids is 2. The SMILES string of the molecule is COC(=O)CCCCCNC(=O)c1cccc(N)c1. The number of anilines is 1. The highest BCUT2D eigenvalue weighted by Crippen LogP contribution is 2.06. The second-order valence-electron chi connectivity index (χ2n) is 4.27. The van der Waals surface area contributed by atoms with Crippen molar-refractivity contribution in [3.8, 4) is 0 Å². The predicted octanol–water partition coefficient (Wildman–Crippen LogP) is 1.73. The fraction of sp³-hybridized carbons (Fsp3) is 0.429. The molecular weight excluding hydrogens is 244 g/mol. The van der Waals surface area contributed by atoms with Crippen LogP contribution in [0.5, 0.6) is 0 Å². The van der Waals surface area contributed by atoms with Crippen molar-refractivity contribution in [3.63, 3.8) is 0 Å². The number of carbonyl (C=O) groups is 2. The molecule has 0 fully saturated rings. The Labute approximate surface area is 113 Å². The molecule has 0 aliphatic carbocycles. The number of rotatable bonds is 7. The molecule has 0 aromatic heterocycles. The summed E-state index contributed by atoms with van der Waals surface area (Å²) in [5.41, 5.74) is 6.75. The Balaban J connectivity index is 2.16. The molecule has 0 aliphatic heterocycles. The summed E-state index contributed by atoms with van der Waals surface area (Å²) in [6.45, 7) is 0.592. The minimum absolute atomic E-state index is 0.125. The first kappa shape index (κ1) is 15.0. The van der Waals surface area contributed by atoms with Crippen molar-refractivity contribution in [2.75, 3.05) is 19.4 Å². The maximum Gasteiger partial charge on any atom is 0.305 e. The van der Waals surface area contributed by atoms with Crippen LogP contribution in [0.3, 0.4) is 0 Å². The second-order valence-corrected chi connectivity index (χ2v) is 4.27. The first-order valence-electron chi connectivity index (χ1n) is 6.34. The average Bonchev–Trinajstić information content (AvgIpc) is 2.42. The standard InChI is InChI=1S/C14H20N2O3/c1-19-13(17)8-3-2-4-9-16-14(18)11-6-5-7-12(15)10-11/h5-7,10H,2-4,8-9,15H2,1H3,(H,16,18). The molecule has 0 radical (unpaired) electrons. The van der Waals surface area contributed by atoms with Gasteiger partial charge in [-0.05, 0) is 31.0 Å². The van der Waals surface area contributed by atoms with Crippen molar-refractivity contribution in [1.29, 1.82) is 0 Å². The van der Waals surface area contributed by atoms with E-state index in [1.54, 1.807) is 24.3 Å². The molecule has 1 amide bonds. The van der Waals surface area contributed by atoms with Crippen molar-refractivity contribution in [1.82, 2.24) is 5.32 Å². The lowest BCUT2D eigenvalue weighted by molar-refractivity contribution is -0.140. The Morgan fingerprint density at radius 2 is 2.05 bits per heavy atom. The number of hydrogen-bond acceptors (Lipinski definition) is 4. The van der Waals surface area contributed by atoms with Gasteiger partial charge in [-0.3, -0.25) is 9.59 Å². The third-order valence-electron chi connectivity index (χ3n) is 2.72. The van der Waals surface area contributed by atoms with Gasteiger partial charge in [0.2, 0.25) is 0 Å². The number of hydrogen-bond donors (Lipinski definition) is 2. The highest BCUT2D eigenvalue weighted by atomic mass is 16.5. The van der Waals surface area contributed by atoms with Crippen LogP contribution >= 0.6 is 0 Å². The monoisotopic (exact) mass is 264 g/mol. The largest absolute Gasteiger partial charge is 0.469 e. The number of amides is 1. The van der Waals surface area contributed by atoms with Crippen molar-refractivity contribution >= 4 is 17.6 Å². The van der Waals surface area contributed by atoms with Gasteiger partial charge in [0.25, 0.3) is 5.91 Å². The van der Waals surface area contributed by atoms with Crippen molar-refractivity contribution in [2.45, 2.75) is 25.7 Å². The van der Waals surface area contributed by atoms with Gasteiger partial charge in [-0.2, -0.15) is 0 Å². The Hall–Kier alpha value is -2.04. The molecule has 1 aromatic rings. The summed E-state index contributed by atoms with van der Waals surface area (Å²) in [5, 5.41) is 2.82. The maximum atomic E-state index is 11.7. The molecule has 0 unspecified atom stereocenters. The fourth-order valence-electron chi connectivity index (χ4n) is 1.66. The van der Waals surface area contributed by atoms with Crippen LogP contribution in [0.25, 0.3) is 0 Å². The Bertz CT molecular complexity index is 432. The van der Waals surface area contributed by atoms with Crippen LogP contribution in [0.1, 0.15) is 36.0 Å². The number of ether oxygens (including phenoxy) is 1. The lowest BCUT2D eigenvalue weighted by Gasteiger charge is -2.05. The number of nitrogens with one attached hydrogen (secondary N) is 1. The summed E-state index contributed by atoms with van der Waals surface area (Å²) >= 11 is 0. The number of benzene rings is 1. The average molecular weight is 264 g/mol. The van der Waals surface area contributed by atoms with Gasteiger partial charge in [-0.1, -0.05) is 12.5 Å². The van der Waals surface area contributed by atoms with Crippen LogP contribution in [0.2, 0.25) is 0 Å². The lowest BCUT2D eigenvalue weighted by atomic mass is 10.1. The van der Waals surface area contributed by atoms with Gasteiger partial charge in [0, 0.05) is 24.2 Å². The van der Waals surface area contributed by atoms with E-state index < -0.39 is 0 Å². The van der Waals surface area contributed by atoms with Gasteiger partial charge in [0.05, 0.1) is 7.11 Å². The zero-order valence-corrected chi connectivity index (χ0v) is 11.1. The van der Waals surface area contributed by atoms with Gasteiger partial charge in [0.15, 0.2) is 0 Å². The quantitative estimate of drug-likeness (QED) is 0.446. The van der Waals surface area contributed by atoms with E-state index in [4.69, 9.17) is 5.73 Å². The van der Waals surface area contributed by atoms with Crippen LogP contribution in [0.15, 0.2) is 24.3 Å². The highest BCUT2D eigenvalue weighted by Gasteiger charge is 2.04. The first-order chi connectivity index (χ1) is 9.13. The van der Waals surface area contributed by atoms with E-state index >= 15 is 0 Å². The van der Waals surface area contributed by atoms with E-state index in [2.05, 4.69) is 10.1 Å². The third kappa shape index (κ3) is 5.90. The van der Waals surface area contributed by atoms with Crippen LogP contribution in [0.4, 0.5) is 5.69 Å². The van der Waals surface area contributed by atoms with Crippen molar-refractivity contribution in [3.05, 3.63) is 29.8 Å². The zero-order chi connectivity index (χ0) is 14.1. The van der Waals surface area contributed by atoms with E-state index in [-0.39, 0.29) is 11.9 Å². The van der Waals surface area contributed by atoms with Gasteiger partial charge in [-0.15, -0.1) is 0 Å². The Kier molecular flexibility index (Phi) is 6.43. The molecule has 104 valence electrons. The van der Waals surface area contributed by atoms with Crippen molar-refractivity contribution < 1.29 is 14.3 Å². The number of esters is 1. The molecule has 0 saturated heterocycles. The molecule has 0 heterocycles. The van der Waals surface area contributed by atoms with Crippen LogP contribution in [-0.4, -0.2) is 25.5 Å². The molecule has 5 heteroatoms. The lowest BCUT2D eigenvalue weighted by Crippen LogP contribution is -2.24. The molecule has 0 saturated carbocycles. The van der Waals surface area contributed by atoms with E-state index in [0.717, 1.165) is 19.3 Å². The van der Waals surface area contributed by atoms with Gasteiger partial charge in [-0.25, -0.2) is 0 Å². The maximum absolute atomic E-state index is 11.7. The molecule has 3 N–H and O–H groups in total. The van der Waals surface area contributed by atoms with Gasteiger partial charge in [0.1, 0.15) is 0 Å². The summed E-state index contributed by atoms with van der Waals surface area (Å²) in [6, 6.07) is 6.86. The third-order valence-corrected chi connectivity index (χ3v) is 2.72. The fourth-order valence-corrected chi connectivity index (χ4v) is 1.66. The highest BCUT2D eigenvalue weighted by molar-refractivity contribution is 5.94. The molecule has 0 spiro atoms. The smallest absolute Gasteiger partial charge is 0.305 e. The Morgan fingerprint density at radius 1 is 1.26 bits per heavy atom. The Morgan fingerprint density at radius 3 is 2.74 bits per heavy atom. The number of nitrogen functional groups attached to an aromatic ring is 1. The van der Waals surface area contributed by atoms with E-state index in [0.29, 0.717) is 24.2 Å². The molecule has 1 aromatic carbocycles. The number of unbranched alkanes of at least 4 members (excludes halogenated alkanes) is 2. The van der Waals surface area contributed by atoms with Gasteiger partial charge < -0.3 is 15.8 Å². The predicted molar refractivity (Wildman–Crippen MR) is 73.7 cm³/mol. The van der Waals surface area contributed by atoms with E-state index in [1.165, 1.54) is 7.11 Å². The van der Waals surface area contributed by atoms with E-state index in [9.17, 15) is 9.59 Å². The van der Waals surface area contributed by atoms with Gasteiger partial charge >= 0.3 is 5.97 Å².